The largest absolute Gasteiger partial charge is 0.507 e. The van der Waals surface area contributed by atoms with Gasteiger partial charge < -0.3 is 19.7 Å². The highest BCUT2D eigenvalue weighted by Gasteiger charge is 2.39. The van der Waals surface area contributed by atoms with Gasteiger partial charge in [0.25, 0.3) is 0 Å². The first-order chi connectivity index (χ1) is 8.77. The van der Waals surface area contributed by atoms with Gasteiger partial charge in [-0.3, -0.25) is 4.79 Å². The van der Waals surface area contributed by atoms with E-state index in [0.29, 0.717) is 16.9 Å². The Hall–Kier alpha value is -1.59. The first-order valence-electron chi connectivity index (χ1n) is 6.08. The van der Waals surface area contributed by atoms with Crippen molar-refractivity contribution in [3.8, 4) is 11.5 Å². The molecule has 1 atom stereocenters. The van der Waals surface area contributed by atoms with E-state index in [1.807, 2.05) is 0 Å². The van der Waals surface area contributed by atoms with Crippen molar-refractivity contribution in [2.45, 2.75) is 39.1 Å². The van der Waals surface area contributed by atoms with Crippen LogP contribution in [0.25, 0.3) is 0 Å². The SMILES string of the molecule is COc1cc2c(c(O)c1C)C(=O)C(C)(C)O[C@@H](O)C2. The number of aromatic hydroxyl groups is 1. The van der Waals surface area contributed by atoms with Crippen LogP contribution in [-0.2, 0) is 11.2 Å². The summed E-state index contributed by atoms with van der Waals surface area (Å²) in [7, 11) is 1.49. The average Bonchev–Trinajstić information content (AvgIpc) is 2.39. The number of benzene rings is 1. The van der Waals surface area contributed by atoms with Crippen molar-refractivity contribution in [1.29, 1.82) is 0 Å². The number of ether oxygens (including phenoxy) is 2. The highest BCUT2D eigenvalue weighted by molar-refractivity contribution is 6.06. The number of carbonyl (C=O) groups excluding carboxylic acids is 1. The molecule has 1 heterocycles. The molecule has 0 saturated heterocycles. The van der Waals surface area contributed by atoms with Crippen LogP contribution in [0.2, 0.25) is 0 Å². The van der Waals surface area contributed by atoms with Crippen LogP contribution >= 0.6 is 0 Å². The van der Waals surface area contributed by atoms with Crippen LogP contribution in [0.1, 0.15) is 35.3 Å². The Bertz CT molecular complexity index is 533. The zero-order chi connectivity index (χ0) is 14.4. The summed E-state index contributed by atoms with van der Waals surface area (Å²) in [4.78, 5) is 12.4. The van der Waals surface area contributed by atoms with Crippen LogP contribution in [0.3, 0.4) is 0 Å². The predicted octanol–water partition coefficient (Wildman–Crippen LogP) is 1.56. The topological polar surface area (TPSA) is 76.0 Å². The second kappa shape index (κ2) is 4.51. The first-order valence-corrected chi connectivity index (χ1v) is 6.08. The van der Waals surface area contributed by atoms with Crippen LogP contribution in [0.4, 0.5) is 0 Å². The molecule has 2 rings (SSSR count). The first kappa shape index (κ1) is 13.8. The number of methoxy groups -OCH3 is 1. The number of Topliss-reactive ketones (excluding diaryl/α,β-unsaturated/α-hetero) is 1. The zero-order valence-corrected chi connectivity index (χ0v) is 11.5. The van der Waals surface area contributed by atoms with Gasteiger partial charge in [-0.05, 0) is 32.4 Å². The van der Waals surface area contributed by atoms with Gasteiger partial charge in [-0.25, -0.2) is 0 Å². The number of aliphatic hydroxyl groups is 1. The van der Waals surface area contributed by atoms with E-state index in [0.717, 1.165) is 0 Å². The Balaban J connectivity index is 2.70. The molecule has 19 heavy (non-hydrogen) atoms. The molecule has 2 N–H and O–H groups in total. The van der Waals surface area contributed by atoms with E-state index in [4.69, 9.17) is 9.47 Å². The second-order valence-electron chi connectivity index (χ2n) is 5.20. The van der Waals surface area contributed by atoms with Crippen LogP contribution < -0.4 is 4.74 Å². The van der Waals surface area contributed by atoms with Crippen molar-refractivity contribution in [1.82, 2.24) is 0 Å². The van der Waals surface area contributed by atoms with Gasteiger partial charge in [-0.15, -0.1) is 0 Å². The number of hydrogen-bond donors (Lipinski definition) is 2. The maximum absolute atomic E-state index is 12.4. The molecule has 0 aromatic heterocycles. The van der Waals surface area contributed by atoms with Gasteiger partial charge in [-0.1, -0.05) is 0 Å². The number of phenolic OH excluding ortho intramolecular Hbond substituents is 1. The Morgan fingerprint density at radius 3 is 2.68 bits per heavy atom. The highest BCUT2D eigenvalue weighted by Crippen LogP contribution is 2.38. The monoisotopic (exact) mass is 266 g/mol. The molecule has 1 aromatic carbocycles. The van der Waals surface area contributed by atoms with E-state index in [-0.39, 0.29) is 23.5 Å². The maximum atomic E-state index is 12.4. The lowest BCUT2D eigenvalue weighted by Crippen LogP contribution is -2.37. The van der Waals surface area contributed by atoms with Gasteiger partial charge in [0.05, 0.1) is 12.7 Å². The number of rotatable bonds is 1. The van der Waals surface area contributed by atoms with E-state index in [2.05, 4.69) is 0 Å². The minimum absolute atomic E-state index is 0.106. The number of fused-ring (bicyclic) bond motifs is 1. The predicted molar refractivity (Wildman–Crippen MR) is 68.6 cm³/mol. The van der Waals surface area contributed by atoms with Gasteiger partial charge in [0, 0.05) is 12.0 Å². The Morgan fingerprint density at radius 2 is 2.11 bits per heavy atom. The Labute approximate surface area is 111 Å². The highest BCUT2D eigenvalue weighted by atomic mass is 16.6. The quantitative estimate of drug-likeness (QED) is 0.806. The number of aliphatic hydroxyl groups excluding tert-OH is 1. The van der Waals surface area contributed by atoms with Gasteiger partial charge in [0.15, 0.2) is 12.1 Å². The molecule has 1 aromatic rings. The van der Waals surface area contributed by atoms with Crippen molar-refractivity contribution in [3.63, 3.8) is 0 Å². The van der Waals surface area contributed by atoms with Gasteiger partial charge in [0.2, 0.25) is 0 Å². The Morgan fingerprint density at radius 1 is 1.47 bits per heavy atom. The average molecular weight is 266 g/mol. The summed E-state index contributed by atoms with van der Waals surface area (Å²) in [5, 5.41) is 20.0. The molecule has 0 unspecified atom stereocenters. The summed E-state index contributed by atoms with van der Waals surface area (Å²) < 4.78 is 10.5. The number of ketones is 1. The third-order valence-corrected chi connectivity index (χ3v) is 3.41. The molecule has 0 spiro atoms. The molecule has 0 fully saturated rings. The van der Waals surface area contributed by atoms with Crippen LogP contribution in [-0.4, -0.2) is 35.0 Å². The summed E-state index contributed by atoms with van der Waals surface area (Å²) >= 11 is 0. The molecule has 0 saturated carbocycles. The van der Waals surface area contributed by atoms with Crippen LogP contribution in [0.15, 0.2) is 6.07 Å². The van der Waals surface area contributed by atoms with Gasteiger partial charge in [0.1, 0.15) is 17.1 Å². The summed E-state index contributed by atoms with van der Waals surface area (Å²) in [5.41, 5.74) is 0.0630. The fraction of sp³-hybridized carbons (Fsp3) is 0.500. The summed E-state index contributed by atoms with van der Waals surface area (Å²) in [6.45, 7) is 4.83. The smallest absolute Gasteiger partial charge is 0.198 e. The van der Waals surface area contributed by atoms with E-state index in [1.54, 1.807) is 26.8 Å². The molecular weight excluding hydrogens is 248 g/mol. The normalized spacial score (nSPS) is 21.7. The van der Waals surface area contributed by atoms with Crippen molar-refractivity contribution in [2.75, 3.05) is 7.11 Å². The van der Waals surface area contributed by atoms with E-state index < -0.39 is 11.9 Å². The summed E-state index contributed by atoms with van der Waals surface area (Å²) in [6, 6.07) is 1.66. The third-order valence-electron chi connectivity index (χ3n) is 3.41. The van der Waals surface area contributed by atoms with Gasteiger partial charge in [-0.2, -0.15) is 0 Å². The molecular formula is C14H18O5. The molecule has 0 amide bonds. The van der Waals surface area contributed by atoms with Crippen molar-refractivity contribution in [2.24, 2.45) is 0 Å². The zero-order valence-electron chi connectivity index (χ0n) is 11.5. The van der Waals surface area contributed by atoms with E-state index in [9.17, 15) is 15.0 Å². The lowest BCUT2D eigenvalue weighted by Gasteiger charge is -2.24. The maximum Gasteiger partial charge on any atom is 0.198 e. The van der Waals surface area contributed by atoms with Gasteiger partial charge >= 0.3 is 0 Å². The lowest BCUT2D eigenvalue weighted by atomic mass is 9.90. The molecule has 5 heteroatoms. The van der Waals surface area contributed by atoms with E-state index >= 15 is 0 Å². The number of phenols is 1. The summed E-state index contributed by atoms with van der Waals surface area (Å²) in [5.74, 6) is 0.0309. The minimum Gasteiger partial charge on any atom is -0.507 e. The molecule has 1 aliphatic heterocycles. The molecule has 1 aliphatic rings. The van der Waals surface area contributed by atoms with Crippen molar-refractivity contribution < 1.29 is 24.5 Å². The van der Waals surface area contributed by atoms with Crippen LogP contribution in [0.5, 0.6) is 11.5 Å². The second-order valence-corrected chi connectivity index (χ2v) is 5.20. The van der Waals surface area contributed by atoms with Crippen molar-refractivity contribution >= 4 is 5.78 Å². The molecule has 0 bridgehead atoms. The van der Waals surface area contributed by atoms with E-state index in [1.165, 1.54) is 7.11 Å². The third kappa shape index (κ3) is 2.19. The van der Waals surface area contributed by atoms with Crippen molar-refractivity contribution in [3.05, 3.63) is 22.8 Å². The number of hydrogen-bond acceptors (Lipinski definition) is 5. The molecule has 5 nitrogen and oxygen atoms in total. The molecule has 104 valence electrons. The Kier molecular flexibility index (Phi) is 3.28. The fourth-order valence-corrected chi connectivity index (χ4v) is 2.35. The number of carbonyl (C=O) groups is 1. The standard InChI is InChI=1S/C14H18O5/c1-7-9(18-4)5-8-6-10(15)19-14(2,3)13(17)11(8)12(7)16/h5,10,15-16H,6H2,1-4H3/t10-/m1/s1. The van der Waals surface area contributed by atoms with Crippen LogP contribution in [0, 0.1) is 6.92 Å². The summed E-state index contributed by atoms with van der Waals surface area (Å²) in [6.07, 6.45) is -0.957. The fourth-order valence-electron chi connectivity index (χ4n) is 2.35. The molecule has 0 radical (unpaired) electrons. The minimum atomic E-state index is -1.18. The lowest BCUT2D eigenvalue weighted by molar-refractivity contribution is -0.150. The molecule has 0 aliphatic carbocycles.